The van der Waals surface area contributed by atoms with Crippen LogP contribution in [0, 0.1) is 0 Å². The SMILES string of the molecule is C[N@@+]1(CC(=O)Nc2ncncn2)CCCC(OC(=O)C2(O)c3ccccc3-c3ccccc32)C1. The van der Waals surface area contributed by atoms with Gasteiger partial charge in [-0.15, -0.1) is 0 Å². The summed E-state index contributed by atoms with van der Waals surface area (Å²) in [5, 5.41) is 14.3. The molecule has 2 aliphatic rings. The molecule has 1 amide bonds. The van der Waals surface area contributed by atoms with E-state index in [0.29, 0.717) is 28.6 Å². The molecule has 0 radical (unpaired) electrons. The number of carbonyl (C=O) groups is 2. The van der Waals surface area contributed by atoms with Crippen molar-refractivity contribution in [3.63, 3.8) is 0 Å². The van der Waals surface area contributed by atoms with Crippen molar-refractivity contribution < 1.29 is 23.9 Å². The van der Waals surface area contributed by atoms with Gasteiger partial charge in [0.15, 0.2) is 12.6 Å². The number of fused-ring (bicyclic) bond motifs is 3. The number of quaternary nitrogens is 1. The monoisotopic (exact) mass is 460 g/mol. The highest BCUT2D eigenvalue weighted by molar-refractivity contribution is 5.96. The molecule has 5 rings (SSSR count). The van der Waals surface area contributed by atoms with E-state index in [1.807, 2.05) is 43.4 Å². The van der Waals surface area contributed by atoms with E-state index in [1.165, 1.54) is 12.7 Å². The van der Waals surface area contributed by atoms with E-state index in [4.69, 9.17) is 4.74 Å². The average molecular weight is 461 g/mol. The molecule has 2 atom stereocenters. The summed E-state index contributed by atoms with van der Waals surface area (Å²) in [4.78, 5) is 37.6. The number of likely N-dealkylation sites (N-methyl/N-ethyl adjacent to an activating group) is 1. The standard InChI is InChI=1S/C25H25N5O4/c1-30(14-22(31)29-24-27-15-26-16-28-24)12-6-7-17(13-30)34-23(32)25(33)20-10-4-2-8-18(20)19-9-3-5-11-21(19)25/h2-5,8-11,15-17,33H,6-7,12-14H2,1H3/p+1/t17?,30-/m1/s1. The van der Waals surface area contributed by atoms with E-state index in [9.17, 15) is 14.7 Å². The third kappa shape index (κ3) is 3.93. The molecule has 1 aromatic heterocycles. The molecule has 9 heteroatoms. The molecule has 3 aromatic rings. The highest BCUT2D eigenvalue weighted by atomic mass is 16.6. The lowest BCUT2D eigenvalue weighted by Gasteiger charge is -2.40. The second-order valence-corrected chi connectivity index (χ2v) is 9.16. The summed E-state index contributed by atoms with van der Waals surface area (Å²) in [6, 6.07) is 14.7. The predicted molar refractivity (Wildman–Crippen MR) is 123 cm³/mol. The van der Waals surface area contributed by atoms with Crippen LogP contribution >= 0.6 is 0 Å². The first-order chi connectivity index (χ1) is 16.4. The van der Waals surface area contributed by atoms with Crippen LogP contribution < -0.4 is 5.32 Å². The van der Waals surface area contributed by atoms with Crippen molar-refractivity contribution in [3.8, 4) is 11.1 Å². The second kappa shape index (κ2) is 8.58. The van der Waals surface area contributed by atoms with Gasteiger partial charge < -0.3 is 14.3 Å². The third-order valence-electron chi connectivity index (χ3n) is 6.63. The number of esters is 1. The predicted octanol–water partition coefficient (Wildman–Crippen LogP) is 1.88. The Morgan fingerprint density at radius 3 is 2.35 bits per heavy atom. The zero-order valence-electron chi connectivity index (χ0n) is 18.8. The summed E-state index contributed by atoms with van der Waals surface area (Å²) in [5.74, 6) is -0.705. The first kappa shape index (κ1) is 22.1. The number of nitrogens with zero attached hydrogens (tertiary/aromatic N) is 4. The molecule has 9 nitrogen and oxygen atoms in total. The van der Waals surface area contributed by atoms with E-state index in [-0.39, 0.29) is 18.4 Å². The van der Waals surface area contributed by atoms with E-state index < -0.39 is 17.7 Å². The van der Waals surface area contributed by atoms with Crippen molar-refractivity contribution >= 4 is 17.8 Å². The van der Waals surface area contributed by atoms with Gasteiger partial charge in [0.1, 0.15) is 19.2 Å². The summed E-state index contributed by atoms with van der Waals surface area (Å²) in [6.07, 6.45) is 3.69. The summed E-state index contributed by atoms with van der Waals surface area (Å²) in [7, 11) is 1.96. The second-order valence-electron chi connectivity index (χ2n) is 9.16. The fourth-order valence-electron chi connectivity index (χ4n) is 5.10. The molecule has 0 spiro atoms. The van der Waals surface area contributed by atoms with Crippen LogP contribution in [0.1, 0.15) is 24.0 Å². The minimum Gasteiger partial charge on any atom is -0.454 e. The lowest BCUT2D eigenvalue weighted by atomic mass is 9.91. The van der Waals surface area contributed by atoms with Gasteiger partial charge in [-0.05, 0) is 17.5 Å². The number of anilines is 1. The first-order valence-electron chi connectivity index (χ1n) is 11.3. The number of nitrogens with one attached hydrogen (secondary N) is 1. The van der Waals surface area contributed by atoms with Gasteiger partial charge in [-0.2, -0.15) is 0 Å². The Morgan fingerprint density at radius 1 is 1.09 bits per heavy atom. The van der Waals surface area contributed by atoms with Crippen LogP contribution in [-0.4, -0.2) is 69.2 Å². The number of hydrogen-bond donors (Lipinski definition) is 2. The number of ether oxygens (including phenoxy) is 1. The summed E-state index contributed by atoms with van der Waals surface area (Å²) < 4.78 is 6.32. The Balaban J connectivity index is 1.31. The van der Waals surface area contributed by atoms with Gasteiger partial charge in [0.2, 0.25) is 11.5 Å². The van der Waals surface area contributed by atoms with Crippen molar-refractivity contribution in [3.05, 3.63) is 72.3 Å². The zero-order valence-corrected chi connectivity index (χ0v) is 18.8. The number of rotatable bonds is 5. The molecule has 2 heterocycles. The highest BCUT2D eigenvalue weighted by Crippen LogP contribution is 2.48. The molecule has 2 N–H and O–H groups in total. The first-order valence-corrected chi connectivity index (χ1v) is 11.3. The van der Waals surface area contributed by atoms with Gasteiger partial charge in [-0.1, -0.05) is 48.5 Å². The van der Waals surface area contributed by atoms with Gasteiger partial charge in [0.05, 0.1) is 13.6 Å². The Hall–Kier alpha value is -3.69. The van der Waals surface area contributed by atoms with Crippen molar-refractivity contribution in [2.75, 3.05) is 32.0 Å². The molecule has 34 heavy (non-hydrogen) atoms. The van der Waals surface area contributed by atoms with Crippen LogP contribution in [-0.2, 0) is 19.9 Å². The third-order valence-corrected chi connectivity index (χ3v) is 6.63. The number of likely N-dealkylation sites (tertiary alicyclic amines) is 1. The largest absolute Gasteiger partial charge is 0.454 e. The number of benzene rings is 2. The quantitative estimate of drug-likeness (QED) is 0.441. The Morgan fingerprint density at radius 2 is 1.71 bits per heavy atom. The van der Waals surface area contributed by atoms with Crippen LogP contribution in [0.2, 0.25) is 0 Å². The van der Waals surface area contributed by atoms with Crippen molar-refractivity contribution in [2.45, 2.75) is 24.5 Å². The van der Waals surface area contributed by atoms with Gasteiger partial charge in [-0.3, -0.25) is 10.1 Å². The number of piperidine rings is 1. The fraction of sp³-hybridized carbons (Fsp3) is 0.320. The Kier molecular flexibility index (Phi) is 5.59. The number of carbonyl (C=O) groups excluding carboxylic acids is 2. The minimum atomic E-state index is -1.86. The van der Waals surface area contributed by atoms with Gasteiger partial charge in [0, 0.05) is 17.5 Å². The highest BCUT2D eigenvalue weighted by Gasteiger charge is 2.50. The number of aliphatic hydroxyl groups is 1. The van der Waals surface area contributed by atoms with E-state index >= 15 is 0 Å². The molecule has 174 valence electrons. The van der Waals surface area contributed by atoms with Crippen LogP contribution in [0.3, 0.4) is 0 Å². The maximum atomic E-state index is 13.5. The molecular weight excluding hydrogens is 434 g/mol. The fourth-order valence-corrected chi connectivity index (χ4v) is 5.10. The lowest BCUT2D eigenvalue weighted by Crippen LogP contribution is -2.57. The number of aromatic nitrogens is 3. The average Bonchev–Trinajstić information content (AvgIpc) is 3.09. The van der Waals surface area contributed by atoms with Gasteiger partial charge in [0.25, 0.3) is 5.91 Å². The zero-order chi connectivity index (χ0) is 23.8. The van der Waals surface area contributed by atoms with E-state index in [0.717, 1.165) is 24.1 Å². The number of amides is 1. The molecule has 0 saturated carbocycles. The summed E-state index contributed by atoms with van der Waals surface area (Å²) in [5.41, 5.74) is 0.870. The van der Waals surface area contributed by atoms with Crippen molar-refractivity contribution in [2.24, 2.45) is 0 Å². The molecule has 1 fully saturated rings. The Labute approximate surface area is 197 Å². The van der Waals surface area contributed by atoms with Crippen LogP contribution in [0.5, 0.6) is 0 Å². The molecule has 1 aliphatic carbocycles. The minimum absolute atomic E-state index is 0.190. The maximum absolute atomic E-state index is 13.5. The lowest BCUT2D eigenvalue weighted by molar-refractivity contribution is -0.909. The summed E-state index contributed by atoms with van der Waals surface area (Å²) in [6.45, 7) is 1.43. The van der Waals surface area contributed by atoms with Gasteiger partial charge in [-0.25, -0.2) is 19.7 Å². The van der Waals surface area contributed by atoms with Crippen molar-refractivity contribution in [1.82, 2.24) is 15.0 Å². The smallest absolute Gasteiger partial charge is 0.348 e. The van der Waals surface area contributed by atoms with Crippen molar-refractivity contribution in [1.29, 1.82) is 0 Å². The normalized spacial score (nSPS) is 22.4. The van der Waals surface area contributed by atoms with Gasteiger partial charge >= 0.3 is 5.97 Å². The van der Waals surface area contributed by atoms with Crippen LogP contribution in [0.25, 0.3) is 11.1 Å². The topological polar surface area (TPSA) is 114 Å². The molecule has 1 aliphatic heterocycles. The van der Waals surface area contributed by atoms with Crippen LogP contribution in [0.15, 0.2) is 61.2 Å². The number of hydrogen-bond acceptors (Lipinski definition) is 7. The molecule has 0 bridgehead atoms. The van der Waals surface area contributed by atoms with E-state index in [2.05, 4.69) is 20.3 Å². The molecule has 1 unspecified atom stereocenters. The molecular formula is C25H26N5O4+. The van der Waals surface area contributed by atoms with Crippen LogP contribution in [0.4, 0.5) is 5.95 Å². The Bertz CT molecular complexity index is 1190. The van der Waals surface area contributed by atoms with E-state index in [1.54, 1.807) is 12.1 Å². The summed E-state index contributed by atoms with van der Waals surface area (Å²) >= 11 is 0. The molecule has 2 aromatic carbocycles. The maximum Gasteiger partial charge on any atom is 0.348 e. The molecule has 1 saturated heterocycles.